The minimum absolute atomic E-state index is 0.659. The number of nitrogens with zero attached hydrogens (tertiary/aromatic N) is 3. The molecule has 44 heavy (non-hydrogen) atoms. The molecule has 0 aliphatic heterocycles. The summed E-state index contributed by atoms with van der Waals surface area (Å²) in [6, 6.07) is 53.3. The fourth-order valence-electron chi connectivity index (χ4n) is 6.70. The Labute approximate surface area is 254 Å². The summed E-state index contributed by atoms with van der Waals surface area (Å²) in [6.45, 7) is 0. The Morgan fingerprint density at radius 2 is 0.591 bits per heavy atom. The molecule has 0 atom stereocenters. The molecule has 0 spiro atoms. The van der Waals surface area contributed by atoms with Crippen LogP contribution in [0.2, 0.25) is 0 Å². The second kappa shape index (κ2) is 9.82. The first-order chi connectivity index (χ1) is 21.8. The summed E-state index contributed by atoms with van der Waals surface area (Å²) in [5, 5.41) is 12.6. The highest BCUT2D eigenvalue weighted by molar-refractivity contribution is 6.39. The first kappa shape index (κ1) is 24.6. The molecule has 0 aliphatic rings. The highest BCUT2D eigenvalue weighted by atomic mass is 15.0. The zero-order valence-corrected chi connectivity index (χ0v) is 23.8. The maximum Gasteiger partial charge on any atom is 0.164 e. The second-order valence-corrected chi connectivity index (χ2v) is 11.2. The molecular formula is C41H25N3. The molecule has 1 heterocycles. The van der Waals surface area contributed by atoms with Crippen molar-refractivity contribution >= 4 is 53.9 Å². The van der Waals surface area contributed by atoms with Gasteiger partial charge >= 0.3 is 0 Å². The van der Waals surface area contributed by atoms with E-state index in [-0.39, 0.29) is 0 Å². The van der Waals surface area contributed by atoms with E-state index in [2.05, 4.69) is 91.0 Å². The SMILES string of the molecule is c1ccc(-c2nc(-c3ccccc3)nc(-c3ccc4c(c3)c3ccccc3c3c5ccccc5c5ccccc5c43)n2)cc1. The molecule has 0 saturated carbocycles. The van der Waals surface area contributed by atoms with Crippen molar-refractivity contribution in [3.63, 3.8) is 0 Å². The molecule has 0 radical (unpaired) electrons. The van der Waals surface area contributed by atoms with Crippen LogP contribution in [0, 0.1) is 0 Å². The highest BCUT2D eigenvalue weighted by Crippen LogP contribution is 2.44. The largest absolute Gasteiger partial charge is 0.208 e. The molecule has 0 fully saturated rings. The van der Waals surface area contributed by atoms with Gasteiger partial charge < -0.3 is 0 Å². The van der Waals surface area contributed by atoms with Gasteiger partial charge in [0.25, 0.3) is 0 Å². The predicted octanol–water partition coefficient (Wildman–Crippen LogP) is 10.6. The van der Waals surface area contributed by atoms with E-state index in [1.54, 1.807) is 0 Å². The van der Waals surface area contributed by atoms with Gasteiger partial charge in [-0.2, -0.15) is 0 Å². The molecule has 1 aromatic heterocycles. The monoisotopic (exact) mass is 559 g/mol. The predicted molar refractivity (Wildman–Crippen MR) is 184 cm³/mol. The molecule has 9 aromatic rings. The Balaban J connectivity index is 1.38. The van der Waals surface area contributed by atoms with Crippen molar-refractivity contribution in [3.05, 3.63) is 152 Å². The highest BCUT2D eigenvalue weighted by Gasteiger charge is 2.17. The number of rotatable bonds is 3. The van der Waals surface area contributed by atoms with Crippen LogP contribution in [0.4, 0.5) is 0 Å². The van der Waals surface area contributed by atoms with Crippen LogP contribution in [0.15, 0.2) is 152 Å². The molecule has 0 aliphatic carbocycles. The molecule has 0 unspecified atom stereocenters. The van der Waals surface area contributed by atoms with Crippen LogP contribution in [0.3, 0.4) is 0 Å². The van der Waals surface area contributed by atoms with E-state index < -0.39 is 0 Å². The van der Waals surface area contributed by atoms with E-state index in [1.165, 1.54) is 53.9 Å². The van der Waals surface area contributed by atoms with Crippen LogP contribution in [0.1, 0.15) is 0 Å². The zero-order chi connectivity index (χ0) is 29.0. The molecule has 204 valence electrons. The molecular weight excluding hydrogens is 534 g/mol. The molecule has 0 amide bonds. The number of hydrogen-bond donors (Lipinski definition) is 0. The van der Waals surface area contributed by atoms with Crippen LogP contribution in [0.25, 0.3) is 88.0 Å². The van der Waals surface area contributed by atoms with Crippen molar-refractivity contribution in [1.82, 2.24) is 15.0 Å². The van der Waals surface area contributed by atoms with Crippen molar-refractivity contribution < 1.29 is 0 Å². The number of hydrogen-bond acceptors (Lipinski definition) is 3. The molecule has 0 bridgehead atoms. The molecule has 0 N–H and O–H groups in total. The lowest BCUT2D eigenvalue weighted by Crippen LogP contribution is -2.00. The third-order valence-electron chi connectivity index (χ3n) is 8.67. The van der Waals surface area contributed by atoms with Crippen molar-refractivity contribution in [2.75, 3.05) is 0 Å². The van der Waals surface area contributed by atoms with Crippen LogP contribution >= 0.6 is 0 Å². The van der Waals surface area contributed by atoms with Crippen molar-refractivity contribution in [1.29, 1.82) is 0 Å². The normalized spacial score (nSPS) is 11.6. The van der Waals surface area contributed by atoms with E-state index in [4.69, 9.17) is 15.0 Å². The van der Waals surface area contributed by atoms with Crippen LogP contribution in [-0.4, -0.2) is 15.0 Å². The van der Waals surface area contributed by atoms with Gasteiger partial charge in [-0.25, -0.2) is 15.0 Å². The summed E-state index contributed by atoms with van der Waals surface area (Å²) >= 11 is 0. The van der Waals surface area contributed by atoms with Gasteiger partial charge in [0.1, 0.15) is 0 Å². The minimum Gasteiger partial charge on any atom is -0.208 e. The standard InChI is InChI=1S/C41H25N3/c1-3-13-26(14-4-1)39-42-40(27-15-5-2-6-16-27)44-41(43-39)28-23-24-35-36(25-28)31-19-9-12-22-34(31)37-32-20-10-7-17-29(32)30-18-8-11-21-33(30)38(35)37/h1-25H. The fourth-order valence-corrected chi connectivity index (χ4v) is 6.70. The lowest BCUT2D eigenvalue weighted by atomic mass is 9.87. The van der Waals surface area contributed by atoms with E-state index in [1.807, 2.05) is 60.7 Å². The van der Waals surface area contributed by atoms with E-state index in [0.717, 1.165) is 16.7 Å². The maximum atomic E-state index is 5.02. The van der Waals surface area contributed by atoms with Crippen LogP contribution in [-0.2, 0) is 0 Å². The van der Waals surface area contributed by atoms with Crippen molar-refractivity contribution in [2.45, 2.75) is 0 Å². The average Bonchev–Trinajstić information content (AvgIpc) is 3.12. The van der Waals surface area contributed by atoms with Crippen LogP contribution < -0.4 is 0 Å². The lowest BCUT2D eigenvalue weighted by molar-refractivity contribution is 1.07. The summed E-state index contributed by atoms with van der Waals surface area (Å²) in [6.07, 6.45) is 0. The quantitative estimate of drug-likeness (QED) is 0.202. The first-order valence-corrected chi connectivity index (χ1v) is 14.9. The zero-order valence-electron chi connectivity index (χ0n) is 23.8. The van der Waals surface area contributed by atoms with Gasteiger partial charge in [-0.3, -0.25) is 0 Å². The topological polar surface area (TPSA) is 38.7 Å². The van der Waals surface area contributed by atoms with Gasteiger partial charge in [0.05, 0.1) is 0 Å². The molecule has 9 rings (SSSR count). The van der Waals surface area contributed by atoms with E-state index in [9.17, 15) is 0 Å². The summed E-state index contributed by atoms with van der Waals surface area (Å²) in [5.74, 6) is 1.98. The van der Waals surface area contributed by atoms with Gasteiger partial charge in [-0.05, 0) is 59.9 Å². The summed E-state index contributed by atoms with van der Waals surface area (Å²) in [5.41, 5.74) is 2.89. The third kappa shape index (κ3) is 3.80. The average molecular weight is 560 g/mol. The fraction of sp³-hybridized carbons (Fsp3) is 0. The molecule has 8 aromatic carbocycles. The Morgan fingerprint density at radius 1 is 0.250 bits per heavy atom. The Hall–Kier alpha value is -5.93. The van der Waals surface area contributed by atoms with Gasteiger partial charge in [-0.15, -0.1) is 0 Å². The minimum atomic E-state index is 0.659. The second-order valence-electron chi connectivity index (χ2n) is 11.2. The number of benzene rings is 8. The maximum absolute atomic E-state index is 5.02. The Kier molecular flexibility index (Phi) is 5.50. The summed E-state index contributed by atoms with van der Waals surface area (Å²) in [7, 11) is 0. The third-order valence-corrected chi connectivity index (χ3v) is 8.67. The van der Waals surface area contributed by atoms with Crippen molar-refractivity contribution in [2.24, 2.45) is 0 Å². The molecule has 0 saturated heterocycles. The lowest BCUT2D eigenvalue weighted by Gasteiger charge is -2.17. The smallest absolute Gasteiger partial charge is 0.164 e. The molecule has 3 heteroatoms. The Morgan fingerprint density at radius 3 is 1.05 bits per heavy atom. The van der Waals surface area contributed by atoms with Gasteiger partial charge in [0, 0.05) is 16.7 Å². The van der Waals surface area contributed by atoms with E-state index in [0.29, 0.717) is 17.5 Å². The Bertz CT molecular complexity index is 2480. The number of aromatic nitrogens is 3. The van der Waals surface area contributed by atoms with Gasteiger partial charge in [0.2, 0.25) is 0 Å². The van der Waals surface area contributed by atoms with Gasteiger partial charge in [0.15, 0.2) is 17.5 Å². The summed E-state index contributed by atoms with van der Waals surface area (Å²) in [4.78, 5) is 14.9. The first-order valence-electron chi connectivity index (χ1n) is 14.9. The van der Waals surface area contributed by atoms with Crippen molar-refractivity contribution in [3.8, 4) is 34.2 Å². The van der Waals surface area contributed by atoms with Crippen LogP contribution in [0.5, 0.6) is 0 Å². The number of fused-ring (bicyclic) bond motifs is 11. The summed E-state index contributed by atoms with van der Waals surface area (Å²) < 4.78 is 0. The molecule has 3 nitrogen and oxygen atoms in total. The van der Waals surface area contributed by atoms with Gasteiger partial charge in [-0.1, -0.05) is 146 Å². The van der Waals surface area contributed by atoms with E-state index >= 15 is 0 Å².